The van der Waals surface area contributed by atoms with Crippen LogP contribution in [0.15, 0.2) is 47.5 Å². The lowest BCUT2D eigenvalue weighted by atomic mass is 10.1. The predicted octanol–water partition coefficient (Wildman–Crippen LogP) is 2.94. The van der Waals surface area contributed by atoms with Crippen molar-refractivity contribution < 1.29 is 4.52 Å². The number of nitrogen functional groups attached to an aromatic ring is 1. The SMILES string of the molecule is Cn1cc(CN2CCCC2c2nc(-c3cncnc3N)no2)c2ccccc21. The van der Waals surface area contributed by atoms with E-state index in [2.05, 4.69) is 67.1 Å². The van der Waals surface area contributed by atoms with Crippen LogP contribution >= 0.6 is 0 Å². The Morgan fingerprint density at radius 2 is 2.18 bits per heavy atom. The van der Waals surface area contributed by atoms with Gasteiger partial charge in [0, 0.05) is 36.9 Å². The molecule has 28 heavy (non-hydrogen) atoms. The summed E-state index contributed by atoms with van der Waals surface area (Å²) in [7, 11) is 2.09. The molecule has 4 heterocycles. The number of hydrogen-bond donors (Lipinski definition) is 1. The minimum atomic E-state index is 0.103. The molecule has 0 radical (unpaired) electrons. The van der Waals surface area contributed by atoms with E-state index in [9.17, 15) is 0 Å². The second-order valence-electron chi connectivity index (χ2n) is 7.19. The van der Waals surface area contributed by atoms with E-state index in [1.54, 1.807) is 6.20 Å². The number of aryl methyl sites for hydroxylation is 1. The van der Waals surface area contributed by atoms with Gasteiger partial charge in [-0.2, -0.15) is 4.98 Å². The zero-order valence-electron chi connectivity index (χ0n) is 15.6. The van der Waals surface area contributed by atoms with Gasteiger partial charge in [0.05, 0.1) is 11.6 Å². The van der Waals surface area contributed by atoms with Crippen molar-refractivity contribution in [3.8, 4) is 11.4 Å². The van der Waals surface area contributed by atoms with Gasteiger partial charge < -0.3 is 14.8 Å². The number of anilines is 1. The second kappa shape index (κ2) is 6.72. The smallest absolute Gasteiger partial charge is 0.244 e. The van der Waals surface area contributed by atoms with Crippen molar-refractivity contribution in [3.63, 3.8) is 0 Å². The quantitative estimate of drug-likeness (QED) is 0.585. The highest BCUT2D eigenvalue weighted by Crippen LogP contribution is 2.34. The van der Waals surface area contributed by atoms with Crippen LogP contribution in [0.2, 0.25) is 0 Å². The molecule has 1 aliphatic rings. The largest absolute Gasteiger partial charge is 0.383 e. The first kappa shape index (κ1) is 16.9. The standard InChI is InChI=1S/C20H21N7O/c1-26-10-13(14-5-2-3-6-16(14)26)11-27-8-4-7-17(27)20-24-19(25-28-20)15-9-22-12-23-18(15)21/h2-3,5-6,9-10,12,17H,4,7-8,11H2,1H3,(H2,21,22,23). The van der Waals surface area contributed by atoms with E-state index >= 15 is 0 Å². The first-order chi connectivity index (χ1) is 13.7. The molecule has 0 aliphatic carbocycles. The number of hydrogen-bond acceptors (Lipinski definition) is 7. The lowest BCUT2D eigenvalue weighted by Crippen LogP contribution is -2.23. The van der Waals surface area contributed by atoms with E-state index in [1.807, 2.05) is 0 Å². The maximum Gasteiger partial charge on any atom is 0.244 e. The summed E-state index contributed by atoms with van der Waals surface area (Å²) in [6.07, 6.45) is 7.32. The number of nitrogens with zero attached hydrogens (tertiary/aromatic N) is 6. The molecular formula is C20H21N7O. The Morgan fingerprint density at radius 1 is 1.29 bits per heavy atom. The van der Waals surface area contributed by atoms with Gasteiger partial charge in [0.2, 0.25) is 11.7 Å². The van der Waals surface area contributed by atoms with Crippen LogP contribution in [0.1, 0.15) is 30.3 Å². The molecule has 142 valence electrons. The molecule has 2 N–H and O–H groups in total. The molecule has 1 aromatic carbocycles. The number of benzene rings is 1. The van der Waals surface area contributed by atoms with Crippen LogP contribution < -0.4 is 5.73 Å². The van der Waals surface area contributed by atoms with Crippen molar-refractivity contribution in [2.75, 3.05) is 12.3 Å². The van der Waals surface area contributed by atoms with Crippen molar-refractivity contribution in [1.29, 1.82) is 0 Å². The first-order valence-corrected chi connectivity index (χ1v) is 9.37. The Kier molecular flexibility index (Phi) is 4.05. The summed E-state index contributed by atoms with van der Waals surface area (Å²) in [5, 5.41) is 5.40. The fraction of sp³-hybridized carbons (Fsp3) is 0.300. The molecule has 1 fully saturated rings. The second-order valence-corrected chi connectivity index (χ2v) is 7.19. The molecule has 4 aromatic rings. The maximum atomic E-state index is 5.91. The van der Waals surface area contributed by atoms with Crippen molar-refractivity contribution in [3.05, 3.63) is 54.4 Å². The van der Waals surface area contributed by atoms with Crippen LogP contribution in [0.5, 0.6) is 0 Å². The van der Waals surface area contributed by atoms with Gasteiger partial charge in [-0.15, -0.1) is 0 Å². The van der Waals surface area contributed by atoms with E-state index in [0.717, 1.165) is 25.9 Å². The van der Waals surface area contributed by atoms with Crippen molar-refractivity contribution in [2.24, 2.45) is 7.05 Å². The topological polar surface area (TPSA) is 98.9 Å². The molecule has 8 heteroatoms. The van der Waals surface area contributed by atoms with Crippen LogP contribution in [0.25, 0.3) is 22.3 Å². The van der Waals surface area contributed by atoms with Crippen molar-refractivity contribution in [1.82, 2.24) is 29.6 Å². The van der Waals surface area contributed by atoms with Crippen LogP contribution in [0, 0.1) is 0 Å². The van der Waals surface area contributed by atoms with E-state index < -0.39 is 0 Å². The molecule has 0 saturated carbocycles. The van der Waals surface area contributed by atoms with Gasteiger partial charge in [-0.3, -0.25) is 4.90 Å². The van der Waals surface area contributed by atoms with Gasteiger partial charge in [-0.25, -0.2) is 9.97 Å². The molecule has 1 aliphatic heterocycles. The van der Waals surface area contributed by atoms with Crippen LogP contribution in [-0.2, 0) is 13.6 Å². The summed E-state index contributed by atoms with van der Waals surface area (Å²) in [4.78, 5) is 15.0. The highest BCUT2D eigenvalue weighted by Gasteiger charge is 2.31. The van der Waals surface area contributed by atoms with Gasteiger partial charge in [-0.05, 0) is 31.0 Å². The van der Waals surface area contributed by atoms with Crippen LogP contribution in [0.3, 0.4) is 0 Å². The molecule has 5 rings (SSSR count). The summed E-state index contributed by atoms with van der Waals surface area (Å²) >= 11 is 0. The third kappa shape index (κ3) is 2.82. The molecule has 1 saturated heterocycles. The minimum absolute atomic E-state index is 0.103. The maximum absolute atomic E-state index is 5.91. The number of likely N-dealkylation sites (tertiary alicyclic amines) is 1. The molecule has 1 unspecified atom stereocenters. The van der Waals surface area contributed by atoms with Crippen LogP contribution in [0.4, 0.5) is 5.82 Å². The zero-order valence-corrected chi connectivity index (χ0v) is 15.6. The third-order valence-electron chi connectivity index (χ3n) is 5.43. The normalized spacial score (nSPS) is 17.5. The highest BCUT2D eigenvalue weighted by atomic mass is 16.5. The van der Waals surface area contributed by atoms with Crippen molar-refractivity contribution in [2.45, 2.75) is 25.4 Å². The summed E-state index contributed by atoms with van der Waals surface area (Å²) in [5.74, 6) is 1.41. The van der Waals surface area contributed by atoms with Gasteiger partial charge in [0.15, 0.2) is 0 Å². The number of para-hydroxylation sites is 1. The Hall–Kier alpha value is -3.26. The van der Waals surface area contributed by atoms with Gasteiger partial charge >= 0.3 is 0 Å². The highest BCUT2D eigenvalue weighted by molar-refractivity contribution is 5.83. The lowest BCUT2D eigenvalue weighted by Gasteiger charge is -2.21. The minimum Gasteiger partial charge on any atom is -0.383 e. The number of aromatic nitrogens is 5. The average Bonchev–Trinajstić information content (AvgIpc) is 3.43. The number of nitrogens with two attached hydrogens (primary N) is 1. The third-order valence-corrected chi connectivity index (χ3v) is 5.43. The summed E-state index contributed by atoms with van der Waals surface area (Å²) in [6, 6.07) is 8.59. The fourth-order valence-electron chi connectivity index (χ4n) is 4.06. The van der Waals surface area contributed by atoms with E-state index in [4.69, 9.17) is 10.3 Å². The Balaban J connectivity index is 1.42. The van der Waals surface area contributed by atoms with Gasteiger partial charge in [0.25, 0.3) is 0 Å². The van der Waals surface area contributed by atoms with Gasteiger partial charge in [-0.1, -0.05) is 23.4 Å². The molecule has 1 atom stereocenters. The Morgan fingerprint density at radius 3 is 3.07 bits per heavy atom. The molecule has 0 spiro atoms. The number of rotatable bonds is 4. The lowest BCUT2D eigenvalue weighted by molar-refractivity contribution is 0.201. The van der Waals surface area contributed by atoms with E-state index in [0.29, 0.717) is 23.1 Å². The van der Waals surface area contributed by atoms with Crippen LogP contribution in [-0.4, -0.2) is 36.1 Å². The molecule has 8 nitrogen and oxygen atoms in total. The Labute approximate surface area is 162 Å². The summed E-state index contributed by atoms with van der Waals surface area (Å²) < 4.78 is 7.78. The fourth-order valence-corrected chi connectivity index (χ4v) is 4.06. The van der Waals surface area contributed by atoms with Crippen molar-refractivity contribution >= 4 is 16.7 Å². The first-order valence-electron chi connectivity index (χ1n) is 9.37. The Bertz CT molecular complexity index is 1130. The average molecular weight is 375 g/mol. The monoisotopic (exact) mass is 375 g/mol. The number of fused-ring (bicyclic) bond motifs is 1. The predicted molar refractivity (Wildman–Crippen MR) is 105 cm³/mol. The summed E-state index contributed by atoms with van der Waals surface area (Å²) in [6.45, 7) is 1.85. The summed E-state index contributed by atoms with van der Waals surface area (Å²) in [5.41, 5.74) is 9.06. The van der Waals surface area contributed by atoms with E-state index in [-0.39, 0.29) is 6.04 Å². The zero-order chi connectivity index (χ0) is 19.1. The van der Waals surface area contributed by atoms with Gasteiger partial charge in [0.1, 0.15) is 12.1 Å². The molecule has 0 amide bonds. The molecule has 3 aromatic heterocycles. The van der Waals surface area contributed by atoms with E-state index in [1.165, 1.54) is 22.8 Å². The molecule has 0 bridgehead atoms. The molecular weight excluding hydrogens is 354 g/mol.